The van der Waals surface area contributed by atoms with Gasteiger partial charge < -0.3 is 4.90 Å². The zero-order chi connectivity index (χ0) is 13.1. The van der Waals surface area contributed by atoms with Crippen LogP contribution >= 0.6 is 0 Å². The quantitative estimate of drug-likeness (QED) is 0.491. The average molecular weight is 239 g/mol. The van der Waals surface area contributed by atoms with Gasteiger partial charge in [-0.2, -0.15) is 0 Å². The van der Waals surface area contributed by atoms with E-state index in [-0.39, 0.29) is 0 Å². The van der Waals surface area contributed by atoms with E-state index in [4.69, 9.17) is 0 Å². The predicted molar refractivity (Wildman–Crippen MR) is 79.5 cm³/mol. The predicted octanol–water partition coefficient (Wildman–Crippen LogP) is 4.88. The van der Waals surface area contributed by atoms with Crippen LogP contribution in [0.25, 0.3) is 0 Å². The molecule has 1 nitrogen and oxygen atoms in total. The van der Waals surface area contributed by atoms with Crippen molar-refractivity contribution in [3.05, 3.63) is 11.6 Å². The third kappa shape index (κ3) is 10.6. The number of allylic oxidation sites excluding steroid dienone is 2. The Balaban J connectivity index is 3.71. The maximum absolute atomic E-state index is 2.62. The molecule has 0 bridgehead atoms. The Labute approximate surface area is 109 Å². The van der Waals surface area contributed by atoms with Crippen LogP contribution in [0.5, 0.6) is 0 Å². The molecule has 0 saturated heterocycles. The van der Waals surface area contributed by atoms with Gasteiger partial charge in [0.1, 0.15) is 0 Å². The molecule has 1 atom stereocenters. The first-order chi connectivity index (χ1) is 8.10. The van der Waals surface area contributed by atoms with Crippen LogP contribution in [0.4, 0.5) is 0 Å². The van der Waals surface area contributed by atoms with Gasteiger partial charge in [0, 0.05) is 0 Å². The summed E-state index contributed by atoms with van der Waals surface area (Å²) in [5, 5.41) is 0. The molecule has 0 saturated carbocycles. The van der Waals surface area contributed by atoms with Gasteiger partial charge >= 0.3 is 0 Å². The number of hydrogen-bond donors (Lipinski definition) is 0. The smallest absolute Gasteiger partial charge is 0.00162 e. The van der Waals surface area contributed by atoms with Crippen molar-refractivity contribution in [1.29, 1.82) is 0 Å². The third-order valence-electron chi connectivity index (χ3n) is 3.23. The highest BCUT2D eigenvalue weighted by molar-refractivity contribution is 4.92. The highest BCUT2D eigenvalue weighted by Crippen LogP contribution is 2.13. The maximum atomic E-state index is 2.62. The summed E-state index contributed by atoms with van der Waals surface area (Å²) in [6, 6.07) is 0. The van der Waals surface area contributed by atoms with Gasteiger partial charge in [-0.25, -0.2) is 0 Å². The fraction of sp³-hybridized carbons (Fsp3) is 0.875. The van der Waals surface area contributed by atoms with Gasteiger partial charge in [0.05, 0.1) is 0 Å². The zero-order valence-corrected chi connectivity index (χ0v) is 12.8. The lowest BCUT2D eigenvalue weighted by Crippen LogP contribution is -2.27. The highest BCUT2D eigenvalue weighted by Gasteiger charge is 2.06. The van der Waals surface area contributed by atoms with Gasteiger partial charge in [0.15, 0.2) is 0 Å². The standard InChI is InChI=1S/C16H33N/c1-6-12-17(13-7-2)14-11-16(5)10-8-9-15(3)4/h9,16H,6-8,10-14H2,1-5H3. The fourth-order valence-electron chi connectivity index (χ4n) is 2.17. The molecule has 0 aromatic heterocycles. The van der Waals surface area contributed by atoms with E-state index in [0.29, 0.717) is 0 Å². The van der Waals surface area contributed by atoms with E-state index < -0.39 is 0 Å². The SMILES string of the molecule is CCCN(CCC)CCC(C)CCC=C(C)C. The first-order valence-electron chi connectivity index (χ1n) is 7.45. The van der Waals surface area contributed by atoms with Crippen LogP contribution in [0, 0.1) is 5.92 Å². The highest BCUT2D eigenvalue weighted by atomic mass is 15.1. The molecule has 102 valence electrons. The maximum Gasteiger partial charge on any atom is -0.00162 e. The summed E-state index contributed by atoms with van der Waals surface area (Å²) < 4.78 is 0. The van der Waals surface area contributed by atoms with E-state index in [1.54, 1.807) is 0 Å². The summed E-state index contributed by atoms with van der Waals surface area (Å²) >= 11 is 0. The Morgan fingerprint density at radius 1 is 1.00 bits per heavy atom. The summed E-state index contributed by atoms with van der Waals surface area (Å²) in [4.78, 5) is 2.62. The van der Waals surface area contributed by atoms with E-state index in [1.807, 2.05) is 0 Å². The van der Waals surface area contributed by atoms with Crippen molar-refractivity contribution in [2.24, 2.45) is 5.92 Å². The first-order valence-corrected chi connectivity index (χ1v) is 7.45. The summed E-state index contributed by atoms with van der Waals surface area (Å²) in [6.07, 6.45) is 8.89. The minimum Gasteiger partial charge on any atom is -0.303 e. The van der Waals surface area contributed by atoms with Crippen LogP contribution in [-0.2, 0) is 0 Å². The Morgan fingerprint density at radius 2 is 1.59 bits per heavy atom. The topological polar surface area (TPSA) is 3.24 Å². The monoisotopic (exact) mass is 239 g/mol. The minimum atomic E-state index is 0.863. The molecule has 0 radical (unpaired) electrons. The zero-order valence-electron chi connectivity index (χ0n) is 12.8. The van der Waals surface area contributed by atoms with E-state index >= 15 is 0 Å². The molecular formula is C16H33N. The molecule has 0 aromatic rings. The van der Waals surface area contributed by atoms with Crippen molar-refractivity contribution in [3.63, 3.8) is 0 Å². The van der Waals surface area contributed by atoms with Crippen LogP contribution in [0.2, 0.25) is 0 Å². The Hall–Kier alpha value is -0.300. The van der Waals surface area contributed by atoms with E-state index in [0.717, 1.165) is 5.92 Å². The van der Waals surface area contributed by atoms with E-state index in [2.05, 4.69) is 45.6 Å². The Bertz CT molecular complexity index is 186. The molecule has 0 heterocycles. The molecule has 0 spiro atoms. The number of rotatable bonds is 10. The van der Waals surface area contributed by atoms with E-state index in [9.17, 15) is 0 Å². The fourth-order valence-corrected chi connectivity index (χ4v) is 2.17. The second kappa shape index (κ2) is 10.8. The summed E-state index contributed by atoms with van der Waals surface area (Å²) in [5.74, 6) is 0.863. The van der Waals surface area contributed by atoms with Crippen LogP contribution in [0.3, 0.4) is 0 Å². The molecule has 0 fully saturated rings. The van der Waals surface area contributed by atoms with Gasteiger partial charge in [0.2, 0.25) is 0 Å². The van der Waals surface area contributed by atoms with Crippen LogP contribution in [0.1, 0.15) is 66.7 Å². The molecule has 0 amide bonds. The Kier molecular flexibility index (Phi) is 10.6. The Morgan fingerprint density at radius 3 is 2.06 bits per heavy atom. The van der Waals surface area contributed by atoms with Gasteiger partial charge in [-0.05, 0) is 71.5 Å². The van der Waals surface area contributed by atoms with Crippen molar-refractivity contribution in [1.82, 2.24) is 4.90 Å². The normalized spacial score (nSPS) is 12.8. The van der Waals surface area contributed by atoms with Crippen molar-refractivity contribution in [3.8, 4) is 0 Å². The summed E-state index contributed by atoms with van der Waals surface area (Å²) in [7, 11) is 0. The van der Waals surface area contributed by atoms with Crippen LogP contribution < -0.4 is 0 Å². The molecule has 0 aromatic carbocycles. The molecule has 1 heteroatoms. The van der Waals surface area contributed by atoms with E-state index in [1.165, 1.54) is 57.3 Å². The van der Waals surface area contributed by atoms with Gasteiger partial charge in [-0.3, -0.25) is 0 Å². The summed E-state index contributed by atoms with van der Waals surface area (Å²) in [6.45, 7) is 15.2. The number of nitrogens with zero attached hydrogens (tertiary/aromatic N) is 1. The largest absolute Gasteiger partial charge is 0.303 e. The third-order valence-corrected chi connectivity index (χ3v) is 3.23. The minimum absolute atomic E-state index is 0.863. The first kappa shape index (κ1) is 16.7. The summed E-state index contributed by atoms with van der Waals surface area (Å²) in [5.41, 5.74) is 1.45. The lowest BCUT2D eigenvalue weighted by molar-refractivity contribution is 0.252. The molecule has 0 aliphatic carbocycles. The molecule has 0 rings (SSSR count). The second-order valence-electron chi connectivity index (χ2n) is 5.59. The lowest BCUT2D eigenvalue weighted by atomic mass is 10.0. The van der Waals surface area contributed by atoms with Crippen LogP contribution in [0.15, 0.2) is 11.6 Å². The molecule has 1 unspecified atom stereocenters. The molecule has 17 heavy (non-hydrogen) atoms. The van der Waals surface area contributed by atoms with Gasteiger partial charge in [-0.1, -0.05) is 32.4 Å². The number of hydrogen-bond acceptors (Lipinski definition) is 1. The van der Waals surface area contributed by atoms with Crippen molar-refractivity contribution in [2.45, 2.75) is 66.7 Å². The molecule has 0 N–H and O–H groups in total. The van der Waals surface area contributed by atoms with Gasteiger partial charge in [0.25, 0.3) is 0 Å². The van der Waals surface area contributed by atoms with Gasteiger partial charge in [-0.15, -0.1) is 0 Å². The second-order valence-corrected chi connectivity index (χ2v) is 5.59. The van der Waals surface area contributed by atoms with Crippen LogP contribution in [-0.4, -0.2) is 24.5 Å². The van der Waals surface area contributed by atoms with Crippen molar-refractivity contribution in [2.75, 3.05) is 19.6 Å². The average Bonchev–Trinajstić information content (AvgIpc) is 2.26. The van der Waals surface area contributed by atoms with Crippen molar-refractivity contribution < 1.29 is 0 Å². The molecular weight excluding hydrogens is 206 g/mol. The van der Waals surface area contributed by atoms with Crippen molar-refractivity contribution >= 4 is 0 Å². The molecule has 0 aliphatic heterocycles. The molecule has 0 aliphatic rings. The lowest BCUT2D eigenvalue weighted by Gasteiger charge is -2.22.